The lowest BCUT2D eigenvalue weighted by Crippen LogP contribution is -2.48. The predicted octanol–water partition coefficient (Wildman–Crippen LogP) is 3.58. The molecule has 1 aromatic rings. The third-order valence-corrected chi connectivity index (χ3v) is 3.90. The number of rotatable bonds is 2. The molecule has 0 saturated carbocycles. The van der Waals surface area contributed by atoms with Crippen molar-refractivity contribution in [2.45, 2.75) is 26.8 Å². The molecule has 2 nitrogen and oxygen atoms in total. The van der Waals surface area contributed by atoms with Gasteiger partial charge in [-0.05, 0) is 27.8 Å². The summed E-state index contributed by atoms with van der Waals surface area (Å²) in [5.74, 6) is 0. The molecule has 18 heavy (non-hydrogen) atoms. The first-order valence-corrected chi connectivity index (χ1v) is 7.00. The first kappa shape index (κ1) is 18.2. The van der Waals surface area contributed by atoms with Gasteiger partial charge in [0.25, 0.3) is 0 Å². The molecular formula is C13H24Cl2N2S. The molecule has 0 aliphatic carbocycles. The van der Waals surface area contributed by atoms with Gasteiger partial charge in [-0.15, -0.1) is 24.8 Å². The van der Waals surface area contributed by atoms with Crippen LogP contribution in [0.4, 0.5) is 0 Å². The molecule has 2 heterocycles. The Bertz CT molecular complexity index is 316. The highest BCUT2D eigenvalue weighted by Gasteiger charge is 2.32. The Kier molecular flexibility index (Phi) is 7.79. The average molecular weight is 311 g/mol. The standard InChI is InChI=1S/C13H22N2S.2ClH/c1-13(2,3)12(11-4-9-16-10-11)15-7-5-14-6-8-15;;/h4,9-10,12,14H,5-8H2,1-3H3;2*1H/t12-;;/m1../s1. The van der Waals surface area contributed by atoms with Crippen molar-refractivity contribution in [3.8, 4) is 0 Å². The van der Waals surface area contributed by atoms with E-state index >= 15 is 0 Å². The van der Waals surface area contributed by atoms with E-state index in [-0.39, 0.29) is 24.8 Å². The smallest absolute Gasteiger partial charge is 0.0405 e. The van der Waals surface area contributed by atoms with Crippen LogP contribution in [0.15, 0.2) is 16.8 Å². The van der Waals surface area contributed by atoms with Gasteiger partial charge in [-0.1, -0.05) is 20.8 Å². The topological polar surface area (TPSA) is 15.3 Å². The first-order valence-electron chi connectivity index (χ1n) is 6.06. The molecule has 1 saturated heterocycles. The number of hydrogen-bond donors (Lipinski definition) is 1. The molecule has 0 amide bonds. The van der Waals surface area contributed by atoms with Gasteiger partial charge in [-0.2, -0.15) is 11.3 Å². The highest BCUT2D eigenvalue weighted by molar-refractivity contribution is 7.07. The third kappa shape index (κ3) is 4.39. The Morgan fingerprint density at radius 3 is 2.28 bits per heavy atom. The molecule has 1 atom stereocenters. The van der Waals surface area contributed by atoms with E-state index in [1.165, 1.54) is 5.56 Å². The number of nitrogens with one attached hydrogen (secondary N) is 1. The van der Waals surface area contributed by atoms with Crippen molar-refractivity contribution in [2.24, 2.45) is 5.41 Å². The van der Waals surface area contributed by atoms with Gasteiger partial charge in [0.2, 0.25) is 0 Å². The maximum atomic E-state index is 3.43. The molecule has 0 spiro atoms. The molecule has 2 rings (SSSR count). The summed E-state index contributed by atoms with van der Waals surface area (Å²) in [5.41, 5.74) is 1.79. The van der Waals surface area contributed by atoms with Gasteiger partial charge in [0, 0.05) is 32.2 Å². The maximum Gasteiger partial charge on any atom is 0.0405 e. The molecule has 0 bridgehead atoms. The van der Waals surface area contributed by atoms with Crippen LogP contribution in [0, 0.1) is 5.41 Å². The summed E-state index contributed by atoms with van der Waals surface area (Å²) < 4.78 is 0. The molecule has 0 unspecified atom stereocenters. The van der Waals surface area contributed by atoms with Crippen LogP contribution >= 0.6 is 36.2 Å². The number of piperazine rings is 1. The quantitative estimate of drug-likeness (QED) is 0.898. The highest BCUT2D eigenvalue weighted by Crippen LogP contribution is 2.38. The molecule has 5 heteroatoms. The summed E-state index contributed by atoms with van der Waals surface area (Å²) in [7, 11) is 0. The Labute approximate surface area is 127 Å². The molecule has 0 aromatic carbocycles. The van der Waals surface area contributed by atoms with E-state index in [0.717, 1.165) is 26.2 Å². The van der Waals surface area contributed by atoms with Crippen molar-refractivity contribution in [3.05, 3.63) is 22.4 Å². The van der Waals surface area contributed by atoms with E-state index in [0.29, 0.717) is 11.5 Å². The zero-order valence-corrected chi connectivity index (χ0v) is 13.8. The molecular weight excluding hydrogens is 287 g/mol. The van der Waals surface area contributed by atoms with Crippen molar-refractivity contribution in [3.63, 3.8) is 0 Å². The Balaban J connectivity index is 0.00000144. The van der Waals surface area contributed by atoms with Crippen LogP contribution in [0.25, 0.3) is 0 Å². The van der Waals surface area contributed by atoms with Gasteiger partial charge in [-0.25, -0.2) is 0 Å². The second-order valence-corrected chi connectivity index (χ2v) is 6.39. The summed E-state index contributed by atoms with van der Waals surface area (Å²) >= 11 is 1.81. The normalized spacial score (nSPS) is 18.6. The fraction of sp³-hybridized carbons (Fsp3) is 0.692. The van der Waals surface area contributed by atoms with Gasteiger partial charge in [0.05, 0.1) is 0 Å². The lowest BCUT2D eigenvalue weighted by molar-refractivity contribution is 0.0865. The minimum Gasteiger partial charge on any atom is -0.314 e. The summed E-state index contributed by atoms with van der Waals surface area (Å²) in [6.45, 7) is 11.6. The molecule has 1 aromatic heterocycles. The Hall–Kier alpha value is 0.200. The second-order valence-electron chi connectivity index (χ2n) is 5.61. The summed E-state index contributed by atoms with van der Waals surface area (Å²) in [4.78, 5) is 2.62. The van der Waals surface area contributed by atoms with Gasteiger partial charge in [0.15, 0.2) is 0 Å². The summed E-state index contributed by atoms with van der Waals surface area (Å²) in [6.07, 6.45) is 0. The largest absolute Gasteiger partial charge is 0.314 e. The molecule has 1 aliphatic rings. The predicted molar refractivity (Wildman–Crippen MR) is 85.5 cm³/mol. The van der Waals surface area contributed by atoms with E-state index in [9.17, 15) is 0 Å². The van der Waals surface area contributed by atoms with E-state index in [1.807, 2.05) is 0 Å². The van der Waals surface area contributed by atoms with Crippen molar-refractivity contribution < 1.29 is 0 Å². The molecule has 1 N–H and O–H groups in total. The van der Waals surface area contributed by atoms with Crippen LogP contribution in [0.2, 0.25) is 0 Å². The number of nitrogens with zero attached hydrogens (tertiary/aromatic N) is 1. The minimum atomic E-state index is 0. The molecule has 106 valence electrons. The van der Waals surface area contributed by atoms with Gasteiger partial charge in [0.1, 0.15) is 0 Å². The number of thiophene rings is 1. The minimum absolute atomic E-state index is 0. The van der Waals surface area contributed by atoms with Crippen LogP contribution in [0.1, 0.15) is 32.4 Å². The first-order chi connectivity index (χ1) is 7.59. The van der Waals surface area contributed by atoms with Crippen molar-refractivity contribution in [1.29, 1.82) is 0 Å². The van der Waals surface area contributed by atoms with E-state index in [4.69, 9.17) is 0 Å². The fourth-order valence-electron chi connectivity index (χ4n) is 2.63. The molecule has 1 aliphatic heterocycles. The van der Waals surface area contributed by atoms with Crippen LogP contribution in [0.5, 0.6) is 0 Å². The van der Waals surface area contributed by atoms with Crippen LogP contribution in [-0.2, 0) is 0 Å². The fourth-order valence-corrected chi connectivity index (χ4v) is 3.31. The van der Waals surface area contributed by atoms with Crippen LogP contribution < -0.4 is 5.32 Å². The zero-order chi connectivity index (χ0) is 11.6. The van der Waals surface area contributed by atoms with Gasteiger partial charge in [-0.3, -0.25) is 4.90 Å². The second kappa shape index (κ2) is 7.71. The monoisotopic (exact) mass is 310 g/mol. The van der Waals surface area contributed by atoms with Crippen molar-refractivity contribution in [2.75, 3.05) is 26.2 Å². The van der Waals surface area contributed by atoms with Crippen LogP contribution in [-0.4, -0.2) is 31.1 Å². The Morgan fingerprint density at radius 1 is 1.22 bits per heavy atom. The lowest BCUT2D eigenvalue weighted by Gasteiger charge is -2.42. The van der Waals surface area contributed by atoms with Gasteiger partial charge >= 0.3 is 0 Å². The number of hydrogen-bond acceptors (Lipinski definition) is 3. The average Bonchev–Trinajstić information content (AvgIpc) is 2.71. The molecule has 1 fully saturated rings. The maximum absolute atomic E-state index is 3.43. The van der Waals surface area contributed by atoms with Crippen molar-refractivity contribution in [1.82, 2.24) is 10.2 Å². The third-order valence-electron chi connectivity index (χ3n) is 3.20. The summed E-state index contributed by atoms with van der Waals surface area (Å²) in [6, 6.07) is 2.84. The zero-order valence-electron chi connectivity index (χ0n) is 11.3. The highest BCUT2D eigenvalue weighted by atomic mass is 35.5. The van der Waals surface area contributed by atoms with Gasteiger partial charge < -0.3 is 5.32 Å². The lowest BCUT2D eigenvalue weighted by atomic mass is 9.82. The van der Waals surface area contributed by atoms with E-state index < -0.39 is 0 Å². The number of halogens is 2. The van der Waals surface area contributed by atoms with E-state index in [2.05, 4.69) is 47.8 Å². The molecule has 0 radical (unpaired) electrons. The van der Waals surface area contributed by atoms with Crippen molar-refractivity contribution >= 4 is 36.2 Å². The van der Waals surface area contributed by atoms with E-state index in [1.54, 1.807) is 11.3 Å². The SMILES string of the molecule is CC(C)(C)[C@@H](c1ccsc1)N1CCNCC1.Cl.Cl. The van der Waals surface area contributed by atoms with Crippen LogP contribution in [0.3, 0.4) is 0 Å². The Morgan fingerprint density at radius 2 is 1.83 bits per heavy atom. The summed E-state index contributed by atoms with van der Waals surface area (Å²) in [5, 5.41) is 7.92.